The normalized spacial score (nSPS) is 14.2. The van der Waals surface area contributed by atoms with Gasteiger partial charge in [0.15, 0.2) is 0 Å². The van der Waals surface area contributed by atoms with Crippen LogP contribution in [0.4, 0.5) is 5.69 Å². The lowest BCUT2D eigenvalue weighted by Gasteiger charge is -2.16. The maximum Gasteiger partial charge on any atom is 0.272 e. The van der Waals surface area contributed by atoms with Gasteiger partial charge in [0.25, 0.3) is 11.8 Å². The molecule has 28 heavy (non-hydrogen) atoms. The molecule has 2 aromatic rings. The van der Waals surface area contributed by atoms with E-state index in [1.807, 2.05) is 32.0 Å². The highest BCUT2D eigenvalue weighted by atomic mass is 35.5. The van der Waals surface area contributed by atoms with Crippen LogP contribution < -0.4 is 9.64 Å². The Kier molecular flexibility index (Phi) is 6.13. The second-order valence-electron chi connectivity index (χ2n) is 6.34. The minimum absolute atomic E-state index is 0.0930. The van der Waals surface area contributed by atoms with Gasteiger partial charge in [-0.05, 0) is 48.7 Å². The summed E-state index contributed by atoms with van der Waals surface area (Å²) in [5.41, 5.74) is 3.54. The summed E-state index contributed by atoms with van der Waals surface area (Å²) < 4.78 is 5.14. The number of amides is 2. The number of nitrogens with zero attached hydrogens (tertiary/aromatic N) is 1. The Labute approximate surface area is 172 Å². The van der Waals surface area contributed by atoms with Crippen LogP contribution in [-0.4, -0.2) is 36.4 Å². The van der Waals surface area contributed by atoms with Crippen molar-refractivity contribution >= 4 is 46.4 Å². The Morgan fingerprint density at radius 3 is 2.43 bits per heavy atom. The van der Waals surface area contributed by atoms with Gasteiger partial charge in [0.2, 0.25) is 0 Å². The van der Waals surface area contributed by atoms with E-state index in [9.17, 15) is 14.7 Å². The van der Waals surface area contributed by atoms with Gasteiger partial charge >= 0.3 is 0 Å². The lowest BCUT2D eigenvalue weighted by atomic mass is 10.0. The number of hydrogen-bond acceptors (Lipinski definition) is 5. The first kappa shape index (κ1) is 20.5. The van der Waals surface area contributed by atoms with Crippen LogP contribution in [-0.2, 0) is 9.59 Å². The Morgan fingerprint density at radius 2 is 1.82 bits per heavy atom. The molecule has 0 radical (unpaired) electrons. The number of methoxy groups -OCH3 is 1. The zero-order valence-corrected chi connectivity index (χ0v) is 17.4. The van der Waals surface area contributed by atoms with Crippen LogP contribution in [0.15, 0.2) is 41.3 Å². The molecular formula is C21H20ClNO4S. The lowest BCUT2D eigenvalue weighted by molar-refractivity contribution is -0.119. The van der Waals surface area contributed by atoms with E-state index < -0.39 is 11.8 Å². The molecule has 0 spiro atoms. The Bertz CT molecular complexity index is 986. The van der Waals surface area contributed by atoms with Gasteiger partial charge in [-0.3, -0.25) is 9.59 Å². The average molecular weight is 418 g/mol. The summed E-state index contributed by atoms with van der Waals surface area (Å²) in [4.78, 5) is 27.8. The van der Waals surface area contributed by atoms with E-state index in [0.717, 1.165) is 16.0 Å². The highest BCUT2D eigenvalue weighted by Gasteiger charge is 2.40. The first-order valence-corrected chi connectivity index (χ1v) is 10.0. The number of thioether (sulfide) groups is 1. The van der Waals surface area contributed by atoms with Crippen molar-refractivity contribution in [2.75, 3.05) is 24.4 Å². The molecule has 0 fully saturated rings. The predicted octanol–water partition coefficient (Wildman–Crippen LogP) is 3.98. The summed E-state index contributed by atoms with van der Waals surface area (Å²) in [6.07, 6.45) is 0. The smallest absolute Gasteiger partial charge is 0.272 e. The summed E-state index contributed by atoms with van der Waals surface area (Å²) in [7, 11) is 1.50. The fourth-order valence-electron chi connectivity index (χ4n) is 2.97. The molecule has 7 heteroatoms. The molecule has 1 aliphatic heterocycles. The van der Waals surface area contributed by atoms with Crippen LogP contribution >= 0.6 is 23.4 Å². The standard InChI is InChI=1S/C21H20ClNO4S/c1-12-4-5-14(10-13(12)2)18-19(28-9-8-24)21(26)23(20(18)25)15-6-7-17(27-3)16(22)11-15/h4-7,10-11,24H,8-9H2,1-3H3. The fourth-order valence-corrected chi connectivity index (χ4v) is 4.08. The van der Waals surface area contributed by atoms with Crippen LogP contribution in [0, 0.1) is 13.8 Å². The number of aliphatic hydroxyl groups is 1. The van der Waals surface area contributed by atoms with Crippen molar-refractivity contribution in [2.24, 2.45) is 0 Å². The number of halogens is 1. The number of carbonyl (C=O) groups excluding carboxylic acids is 2. The van der Waals surface area contributed by atoms with Crippen LogP contribution in [0.2, 0.25) is 5.02 Å². The third-order valence-corrected chi connectivity index (χ3v) is 5.92. The SMILES string of the molecule is COc1ccc(N2C(=O)C(SCCO)=C(c3ccc(C)c(C)c3)C2=O)cc1Cl. The summed E-state index contributed by atoms with van der Waals surface area (Å²) in [6, 6.07) is 10.4. The van der Waals surface area contributed by atoms with Crippen LogP contribution in [0.5, 0.6) is 5.75 Å². The highest BCUT2D eigenvalue weighted by molar-refractivity contribution is 8.04. The minimum atomic E-state index is -0.419. The van der Waals surface area contributed by atoms with E-state index in [1.54, 1.807) is 12.1 Å². The number of imide groups is 1. The average Bonchev–Trinajstić information content (AvgIpc) is 2.92. The van der Waals surface area contributed by atoms with Crippen molar-refractivity contribution in [1.82, 2.24) is 0 Å². The second kappa shape index (κ2) is 8.39. The molecule has 1 aliphatic rings. The lowest BCUT2D eigenvalue weighted by Crippen LogP contribution is -2.31. The molecule has 3 rings (SSSR count). The molecule has 0 aromatic heterocycles. The number of carbonyl (C=O) groups is 2. The highest BCUT2D eigenvalue weighted by Crippen LogP contribution is 2.40. The van der Waals surface area contributed by atoms with Gasteiger partial charge in [0, 0.05) is 5.75 Å². The zero-order chi connectivity index (χ0) is 20.4. The first-order valence-electron chi connectivity index (χ1n) is 8.67. The van der Waals surface area contributed by atoms with Gasteiger partial charge in [-0.15, -0.1) is 11.8 Å². The molecule has 0 saturated carbocycles. The molecule has 0 saturated heterocycles. The van der Waals surface area contributed by atoms with Crippen molar-refractivity contribution in [3.05, 3.63) is 63.0 Å². The molecule has 146 valence electrons. The monoisotopic (exact) mass is 417 g/mol. The number of aliphatic hydroxyl groups excluding tert-OH is 1. The molecule has 1 heterocycles. The molecular weight excluding hydrogens is 398 g/mol. The maximum atomic E-state index is 13.2. The third-order valence-electron chi connectivity index (χ3n) is 4.57. The van der Waals surface area contributed by atoms with Gasteiger partial charge in [-0.2, -0.15) is 0 Å². The van der Waals surface area contributed by atoms with Crippen molar-refractivity contribution < 1.29 is 19.4 Å². The molecule has 0 atom stereocenters. The molecule has 2 aromatic carbocycles. The van der Waals surface area contributed by atoms with Crippen molar-refractivity contribution in [3.8, 4) is 5.75 Å². The van der Waals surface area contributed by atoms with Crippen molar-refractivity contribution in [2.45, 2.75) is 13.8 Å². The third kappa shape index (κ3) is 3.68. The van der Waals surface area contributed by atoms with Crippen molar-refractivity contribution in [1.29, 1.82) is 0 Å². The summed E-state index contributed by atoms with van der Waals surface area (Å²) in [6.45, 7) is 3.86. The fraction of sp³-hybridized carbons (Fsp3) is 0.238. The van der Waals surface area contributed by atoms with E-state index >= 15 is 0 Å². The van der Waals surface area contributed by atoms with E-state index in [1.165, 1.54) is 24.9 Å². The summed E-state index contributed by atoms with van der Waals surface area (Å²) >= 11 is 7.37. The van der Waals surface area contributed by atoms with Gasteiger partial charge in [-0.25, -0.2) is 4.90 Å². The Hall–Kier alpha value is -2.28. The van der Waals surface area contributed by atoms with E-state index in [-0.39, 0.29) is 6.61 Å². The molecule has 0 bridgehead atoms. The molecule has 0 aliphatic carbocycles. The van der Waals surface area contributed by atoms with E-state index in [2.05, 4.69) is 0 Å². The molecule has 1 N–H and O–H groups in total. The van der Waals surface area contributed by atoms with Gasteiger partial charge in [0.1, 0.15) is 5.75 Å². The zero-order valence-electron chi connectivity index (χ0n) is 15.8. The predicted molar refractivity (Wildman–Crippen MR) is 113 cm³/mol. The van der Waals surface area contributed by atoms with E-state index in [0.29, 0.717) is 38.3 Å². The topological polar surface area (TPSA) is 66.8 Å². The molecule has 0 unspecified atom stereocenters. The maximum absolute atomic E-state index is 13.2. The van der Waals surface area contributed by atoms with Crippen LogP contribution in [0.3, 0.4) is 0 Å². The summed E-state index contributed by atoms with van der Waals surface area (Å²) in [5.74, 6) is -0.0468. The van der Waals surface area contributed by atoms with E-state index in [4.69, 9.17) is 16.3 Å². The number of anilines is 1. The Morgan fingerprint density at radius 1 is 1.07 bits per heavy atom. The quantitative estimate of drug-likeness (QED) is 0.720. The van der Waals surface area contributed by atoms with Crippen molar-refractivity contribution in [3.63, 3.8) is 0 Å². The van der Waals surface area contributed by atoms with Gasteiger partial charge in [0.05, 0.1) is 34.9 Å². The Balaban J connectivity index is 2.08. The number of aryl methyl sites for hydroxylation is 2. The van der Waals surface area contributed by atoms with Gasteiger partial charge in [-0.1, -0.05) is 29.8 Å². The number of ether oxygens (including phenoxy) is 1. The molecule has 2 amide bonds. The number of rotatable bonds is 6. The molecule has 5 nitrogen and oxygen atoms in total. The van der Waals surface area contributed by atoms with Gasteiger partial charge < -0.3 is 9.84 Å². The minimum Gasteiger partial charge on any atom is -0.495 e. The van der Waals surface area contributed by atoms with Crippen LogP contribution in [0.1, 0.15) is 16.7 Å². The van der Waals surface area contributed by atoms with Crippen LogP contribution in [0.25, 0.3) is 5.57 Å². The first-order chi connectivity index (χ1) is 13.4. The summed E-state index contributed by atoms with van der Waals surface area (Å²) in [5, 5.41) is 9.52. The number of hydrogen-bond donors (Lipinski definition) is 1. The second-order valence-corrected chi connectivity index (χ2v) is 7.85. The number of benzene rings is 2. The largest absolute Gasteiger partial charge is 0.495 e.